The Balaban J connectivity index is 2.23. The number of ether oxygens (including phenoxy) is 2. The molecule has 2 aromatic rings. The molecule has 0 saturated carbocycles. The molecule has 1 aromatic carbocycles. The standard InChI is InChI=1S/C16H19NO4S2/c1-3-9-21-14-8-7-13(11-15(14)20-4-2)12-17-23(18,19)16-6-5-10-22-16/h5-8,10-12H,3-4,9H2,1-2H3/b17-12-. The van der Waals surface area contributed by atoms with Gasteiger partial charge in [0, 0.05) is 6.21 Å². The molecule has 0 radical (unpaired) electrons. The van der Waals surface area contributed by atoms with Gasteiger partial charge in [0.05, 0.1) is 13.2 Å². The van der Waals surface area contributed by atoms with Crippen LogP contribution in [0.3, 0.4) is 0 Å². The van der Waals surface area contributed by atoms with Crippen LogP contribution in [0.1, 0.15) is 25.8 Å². The molecule has 0 saturated heterocycles. The van der Waals surface area contributed by atoms with Gasteiger partial charge in [-0.2, -0.15) is 12.8 Å². The van der Waals surface area contributed by atoms with Gasteiger partial charge < -0.3 is 9.47 Å². The summed E-state index contributed by atoms with van der Waals surface area (Å²) in [4.78, 5) is 0. The van der Waals surface area contributed by atoms with Gasteiger partial charge in [0.2, 0.25) is 0 Å². The second-order valence-electron chi connectivity index (χ2n) is 4.63. The normalized spacial score (nSPS) is 11.7. The van der Waals surface area contributed by atoms with Crippen molar-refractivity contribution in [1.82, 2.24) is 0 Å². The van der Waals surface area contributed by atoms with Gasteiger partial charge in [-0.3, -0.25) is 0 Å². The third kappa shape index (κ3) is 4.80. The van der Waals surface area contributed by atoms with Gasteiger partial charge in [-0.1, -0.05) is 13.0 Å². The Labute approximate surface area is 140 Å². The molecular weight excluding hydrogens is 334 g/mol. The molecule has 7 heteroatoms. The molecule has 5 nitrogen and oxygen atoms in total. The SMILES string of the molecule is CCCOc1ccc(/C=N\S(=O)(=O)c2cccs2)cc1OCC. The average Bonchev–Trinajstić information content (AvgIpc) is 3.08. The predicted octanol–water partition coefficient (Wildman–Crippen LogP) is 3.74. The molecule has 1 aromatic heterocycles. The van der Waals surface area contributed by atoms with Crippen LogP contribution in [-0.4, -0.2) is 27.8 Å². The van der Waals surface area contributed by atoms with Gasteiger partial charge in [-0.25, -0.2) is 0 Å². The Kier molecular flexibility index (Phi) is 6.18. The van der Waals surface area contributed by atoms with Gasteiger partial charge in [-0.15, -0.1) is 11.3 Å². The molecule has 0 bridgehead atoms. The van der Waals surface area contributed by atoms with Crippen molar-refractivity contribution in [2.75, 3.05) is 13.2 Å². The third-order valence-corrected chi connectivity index (χ3v) is 5.43. The summed E-state index contributed by atoms with van der Waals surface area (Å²) in [6, 6.07) is 8.45. The molecule has 0 N–H and O–H groups in total. The maximum absolute atomic E-state index is 12.0. The molecule has 0 aliphatic rings. The van der Waals surface area contributed by atoms with Crippen LogP contribution in [0.4, 0.5) is 0 Å². The van der Waals surface area contributed by atoms with Gasteiger partial charge in [0.1, 0.15) is 4.21 Å². The van der Waals surface area contributed by atoms with E-state index >= 15 is 0 Å². The number of thiophene rings is 1. The first-order valence-corrected chi connectivity index (χ1v) is 9.62. The summed E-state index contributed by atoms with van der Waals surface area (Å²) in [6.45, 7) is 5.00. The fourth-order valence-corrected chi connectivity index (χ4v) is 3.64. The van der Waals surface area contributed by atoms with Crippen molar-refractivity contribution in [2.24, 2.45) is 4.40 Å². The van der Waals surface area contributed by atoms with Gasteiger partial charge in [-0.05, 0) is 48.6 Å². The third-order valence-electron chi connectivity index (χ3n) is 2.82. The van der Waals surface area contributed by atoms with E-state index in [9.17, 15) is 8.42 Å². The Morgan fingerprint density at radius 1 is 1.17 bits per heavy atom. The molecule has 0 spiro atoms. The summed E-state index contributed by atoms with van der Waals surface area (Å²) in [7, 11) is -3.65. The first-order chi connectivity index (χ1) is 11.1. The lowest BCUT2D eigenvalue weighted by atomic mass is 10.2. The van der Waals surface area contributed by atoms with Crippen molar-refractivity contribution in [3.05, 3.63) is 41.3 Å². The van der Waals surface area contributed by atoms with E-state index in [1.807, 2.05) is 13.8 Å². The summed E-state index contributed by atoms with van der Waals surface area (Å²) >= 11 is 1.14. The minimum absolute atomic E-state index is 0.224. The molecule has 23 heavy (non-hydrogen) atoms. The van der Waals surface area contributed by atoms with Crippen molar-refractivity contribution < 1.29 is 17.9 Å². The molecule has 0 fully saturated rings. The van der Waals surface area contributed by atoms with Crippen LogP contribution in [0.2, 0.25) is 0 Å². The van der Waals surface area contributed by atoms with Gasteiger partial charge in [0.15, 0.2) is 11.5 Å². The van der Waals surface area contributed by atoms with Crippen LogP contribution in [0.5, 0.6) is 11.5 Å². The second kappa shape index (κ2) is 8.12. The van der Waals surface area contributed by atoms with Gasteiger partial charge >= 0.3 is 0 Å². The molecule has 2 rings (SSSR count). The lowest BCUT2D eigenvalue weighted by Crippen LogP contribution is -2.01. The van der Waals surface area contributed by atoms with Crippen LogP contribution in [0.25, 0.3) is 0 Å². The van der Waals surface area contributed by atoms with E-state index in [1.54, 1.807) is 29.6 Å². The molecule has 0 aliphatic heterocycles. The van der Waals surface area contributed by atoms with Crippen molar-refractivity contribution in [3.63, 3.8) is 0 Å². The molecule has 1 heterocycles. The molecule has 0 unspecified atom stereocenters. The Hall–Kier alpha value is -1.86. The van der Waals surface area contributed by atoms with Crippen LogP contribution in [0.15, 0.2) is 44.3 Å². The monoisotopic (exact) mass is 353 g/mol. The number of sulfonamides is 1. The van der Waals surface area contributed by atoms with Crippen LogP contribution in [0, 0.1) is 0 Å². The summed E-state index contributed by atoms with van der Waals surface area (Å²) in [6.07, 6.45) is 2.22. The van der Waals surface area contributed by atoms with E-state index in [4.69, 9.17) is 9.47 Å². The van der Waals surface area contributed by atoms with Crippen molar-refractivity contribution in [3.8, 4) is 11.5 Å². The van der Waals surface area contributed by atoms with E-state index in [-0.39, 0.29) is 4.21 Å². The van der Waals surface area contributed by atoms with Crippen LogP contribution >= 0.6 is 11.3 Å². The van der Waals surface area contributed by atoms with Crippen LogP contribution < -0.4 is 9.47 Å². The average molecular weight is 353 g/mol. The second-order valence-corrected chi connectivity index (χ2v) is 7.44. The molecule has 0 atom stereocenters. The van der Waals surface area contributed by atoms with E-state index in [0.717, 1.165) is 17.8 Å². The minimum Gasteiger partial charge on any atom is -0.490 e. The zero-order valence-corrected chi connectivity index (χ0v) is 14.7. The van der Waals surface area contributed by atoms with E-state index in [2.05, 4.69) is 4.40 Å². The highest BCUT2D eigenvalue weighted by Gasteiger charge is 2.12. The van der Waals surface area contributed by atoms with Gasteiger partial charge in [0.25, 0.3) is 10.0 Å². The highest BCUT2D eigenvalue weighted by atomic mass is 32.2. The number of hydrogen-bond acceptors (Lipinski definition) is 5. The fourth-order valence-electron chi connectivity index (χ4n) is 1.80. The zero-order chi connectivity index (χ0) is 16.7. The number of rotatable bonds is 8. The van der Waals surface area contributed by atoms with Crippen molar-refractivity contribution in [2.45, 2.75) is 24.5 Å². The maximum atomic E-state index is 12.0. The first-order valence-electron chi connectivity index (χ1n) is 7.30. The Morgan fingerprint density at radius 2 is 2.00 bits per heavy atom. The number of nitrogens with zero attached hydrogens (tertiary/aromatic N) is 1. The topological polar surface area (TPSA) is 65.0 Å². The maximum Gasteiger partial charge on any atom is 0.291 e. The van der Waals surface area contributed by atoms with E-state index < -0.39 is 10.0 Å². The van der Waals surface area contributed by atoms with Crippen LogP contribution in [-0.2, 0) is 10.0 Å². The molecule has 124 valence electrons. The Bertz CT molecular complexity index is 752. The molecular formula is C16H19NO4S2. The highest BCUT2D eigenvalue weighted by Crippen LogP contribution is 2.28. The predicted molar refractivity (Wildman–Crippen MR) is 92.5 cm³/mol. The first kappa shape index (κ1) is 17.5. The quantitative estimate of drug-likeness (QED) is 0.678. The fraction of sp³-hybridized carbons (Fsp3) is 0.312. The number of hydrogen-bond donors (Lipinski definition) is 0. The summed E-state index contributed by atoms with van der Waals surface area (Å²) in [5.74, 6) is 1.23. The number of benzene rings is 1. The Morgan fingerprint density at radius 3 is 2.65 bits per heavy atom. The highest BCUT2D eigenvalue weighted by molar-refractivity contribution is 7.92. The molecule has 0 amide bonds. The lowest BCUT2D eigenvalue weighted by molar-refractivity contribution is 0.277. The largest absolute Gasteiger partial charge is 0.490 e. The summed E-state index contributed by atoms with van der Waals surface area (Å²) in [5.41, 5.74) is 0.637. The smallest absolute Gasteiger partial charge is 0.291 e. The summed E-state index contributed by atoms with van der Waals surface area (Å²) in [5, 5.41) is 1.70. The summed E-state index contributed by atoms with van der Waals surface area (Å²) < 4.78 is 39.2. The minimum atomic E-state index is -3.65. The van der Waals surface area contributed by atoms with E-state index in [0.29, 0.717) is 30.3 Å². The zero-order valence-electron chi connectivity index (χ0n) is 13.1. The lowest BCUT2D eigenvalue weighted by Gasteiger charge is -2.11. The molecule has 0 aliphatic carbocycles. The van der Waals surface area contributed by atoms with Crippen molar-refractivity contribution >= 4 is 27.6 Å². The van der Waals surface area contributed by atoms with E-state index in [1.165, 1.54) is 12.3 Å². The van der Waals surface area contributed by atoms with Crippen molar-refractivity contribution in [1.29, 1.82) is 0 Å².